The molecule has 0 saturated carbocycles. The zero-order valence-corrected chi connectivity index (χ0v) is 12.8. The van der Waals surface area contributed by atoms with E-state index in [9.17, 15) is 19.7 Å². The normalized spacial score (nSPS) is 10.4. The number of amides is 1. The molecule has 0 radical (unpaired) electrons. The number of nitro benzene ring substituents is 1. The SMILES string of the molecule is O=C(COc1ccccc1[N+](=O)[O-])Nc1ccc2oc(=O)ccc2c1. The fraction of sp³-hybridized carbons (Fsp3) is 0.0588. The maximum absolute atomic E-state index is 12.0. The van der Waals surface area contributed by atoms with E-state index in [4.69, 9.17) is 9.15 Å². The molecule has 8 nitrogen and oxygen atoms in total. The lowest BCUT2D eigenvalue weighted by Gasteiger charge is -2.08. The van der Waals surface area contributed by atoms with E-state index < -0.39 is 16.5 Å². The average molecular weight is 340 g/mol. The van der Waals surface area contributed by atoms with Crippen LogP contribution in [0.4, 0.5) is 11.4 Å². The van der Waals surface area contributed by atoms with Crippen molar-refractivity contribution < 1.29 is 18.9 Å². The van der Waals surface area contributed by atoms with Gasteiger partial charge < -0.3 is 14.5 Å². The van der Waals surface area contributed by atoms with Crippen LogP contribution in [0.2, 0.25) is 0 Å². The van der Waals surface area contributed by atoms with Crippen LogP contribution in [0.25, 0.3) is 11.0 Å². The molecule has 0 bridgehead atoms. The highest BCUT2D eigenvalue weighted by atomic mass is 16.6. The molecule has 8 heteroatoms. The van der Waals surface area contributed by atoms with Crippen molar-refractivity contribution >= 4 is 28.3 Å². The highest BCUT2D eigenvalue weighted by Crippen LogP contribution is 2.25. The fourth-order valence-electron chi connectivity index (χ4n) is 2.22. The maximum atomic E-state index is 12.0. The summed E-state index contributed by atoms with van der Waals surface area (Å²) in [6, 6.07) is 13.5. The second kappa shape index (κ2) is 6.83. The van der Waals surface area contributed by atoms with Gasteiger partial charge in [0.05, 0.1) is 4.92 Å². The van der Waals surface area contributed by atoms with Gasteiger partial charge in [0.2, 0.25) is 0 Å². The van der Waals surface area contributed by atoms with E-state index in [1.54, 1.807) is 30.3 Å². The summed E-state index contributed by atoms with van der Waals surface area (Å²) in [6.45, 7) is -0.382. The number of para-hydroxylation sites is 2. The molecule has 3 rings (SSSR count). The third-order valence-corrected chi connectivity index (χ3v) is 3.32. The van der Waals surface area contributed by atoms with E-state index in [1.165, 1.54) is 24.3 Å². The highest BCUT2D eigenvalue weighted by Gasteiger charge is 2.15. The first-order valence-corrected chi connectivity index (χ1v) is 7.23. The summed E-state index contributed by atoms with van der Waals surface area (Å²) in [4.78, 5) is 33.4. The van der Waals surface area contributed by atoms with Crippen molar-refractivity contribution in [2.75, 3.05) is 11.9 Å². The summed E-state index contributed by atoms with van der Waals surface area (Å²) in [7, 11) is 0. The van der Waals surface area contributed by atoms with Gasteiger partial charge in [-0.1, -0.05) is 12.1 Å². The fourth-order valence-corrected chi connectivity index (χ4v) is 2.22. The van der Waals surface area contributed by atoms with Gasteiger partial charge in [-0.15, -0.1) is 0 Å². The number of rotatable bonds is 5. The first kappa shape index (κ1) is 16.2. The van der Waals surface area contributed by atoms with Crippen LogP contribution in [-0.4, -0.2) is 17.4 Å². The van der Waals surface area contributed by atoms with Crippen LogP contribution in [0, 0.1) is 10.1 Å². The number of benzene rings is 2. The van der Waals surface area contributed by atoms with E-state index in [1.807, 2.05) is 0 Å². The van der Waals surface area contributed by atoms with E-state index in [0.717, 1.165) is 0 Å². The second-order valence-electron chi connectivity index (χ2n) is 5.07. The van der Waals surface area contributed by atoms with Crippen LogP contribution < -0.4 is 15.7 Å². The molecule has 0 aliphatic rings. The Morgan fingerprint density at radius 2 is 1.96 bits per heavy atom. The van der Waals surface area contributed by atoms with Gasteiger partial charge in [0, 0.05) is 23.2 Å². The minimum absolute atomic E-state index is 0.0166. The molecular formula is C17H12N2O6. The smallest absolute Gasteiger partial charge is 0.336 e. The molecule has 0 unspecified atom stereocenters. The first-order chi connectivity index (χ1) is 12.0. The molecule has 1 N–H and O–H groups in total. The molecular weight excluding hydrogens is 328 g/mol. The van der Waals surface area contributed by atoms with Crippen LogP contribution in [0.3, 0.4) is 0 Å². The minimum atomic E-state index is -0.579. The van der Waals surface area contributed by atoms with Gasteiger partial charge >= 0.3 is 11.3 Å². The molecule has 2 aromatic carbocycles. The van der Waals surface area contributed by atoms with Crippen molar-refractivity contribution in [3.8, 4) is 5.75 Å². The first-order valence-electron chi connectivity index (χ1n) is 7.23. The number of nitrogens with one attached hydrogen (secondary N) is 1. The van der Waals surface area contributed by atoms with E-state index >= 15 is 0 Å². The average Bonchev–Trinajstić information content (AvgIpc) is 2.60. The van der Waals surface area contributed by atoms with Gasteiger partial charge in [-0.05, 0) is 30.3 Å². The molecule has 0 spiro atoms. The van der Waals surface area contributed by atoms with E-state index in [0.29, 0.717) is 16.7 Å². The topological polar surface area (TPSA) is 112 Å². The van der Waals surface area contributed by atoms with Crippen molar-refractivity contribution in [2.45, 2.75) is 0 Å². The summed E-state index contributed by atoms with van der Waals surface area (Å²) in [5.74, 6) is -0.460. The molecule has 1 heterocycles. The minimum Gasteiger partial charge on any atom is -0.477 e. The van der Waals surface area contributed by atoms with Gasteiger partial charge in [0.15, 0.2) is 12.4 Å². The van der Waals surface area contributed by atoms with E-state index in [-0.39, 0.29) is 18.0 Å². The lowest BCUT2D eigenvalue weighted by Crippen LogP contribution is -2.20. The Hall–Kier alpha value is -3.68. The monoisotopic (exact) mass is 340 g/mol. The Bertz CT molecular complexity index is 1010. The summed E-state index contributed by atoms with van der Waals surface area (Å²) < 4.78 is 10.2. The molecule has 0 aliphatic heterocycles. The van der Waals surface area contributed by atoms with Crippen molar-refractivity contribution in [3.63, 3.8) is 0 Å². The number of nitro groups is 1. The van der Waals surface area contributed by atoms with Crippen molar-refractivity contribution in [3.05, 3.63) is 75.1 Å². The highest BCUT2D eigenvalue weighted by molar-refractivity contribution is 5.94. The second-order valence-corrected chi connectivity index (χ2v) is 5.07. The van der Waals surface area contributed by atoms with Crippen LogP contribution in [0.5, 0.6) is 5.75 Å². The summed E-state index contributed by atoms with van der Waals surface area (Å²) in [6.07, 6.45) is 0. The number of hydrogen-bond acceptors (Lipinski definition) is 6. The van der Waals surface area contributed by atoms with Crippen LogP contribution in [-0.2, 0) is 4.79 Å². The molecule has 1 amide bonds. The molecule has 1 aromatic heterocycles. The number of carbonyl (C=O) groups excluding carboxylic acids is 1. The molecule has 126 valence electrons. The van der Waals surface area contributed by atoms with Gasteiger partial charge in [0.1, 0.15) is 5.58 Å². The Kier molecular flexibility index (Phi) is 4.42. The molecule has 0 aliphatic carbocycles. The van der Waals surface area contributed by atoms with Crippen molar-refractivity contribution in [1.82, 2.24) is 0 Å². The molecule has 0 atom stereocenters. The zero-order valence-electron chi connectivity index (χ0n) is 12.8. The molecule has 3 aromatic rings. The maximum Gasteiger partial charge on any atom is 0.336 e. The van der Waals surface area contributed by atoms with E-state index in [2.05, 4.69) is 5.32 Å². The van der Waals surface area contributed by atoms with Crippen molar-refractivity contribution in [1.29, 1.82) is 0 Å². The predicted molar refractivity (Wildman–Crippen MR) is 89.7 cm³/mol. The largest absolute Gasteiger partial charge is 0.477 e. The predicted octanol–water partition coefficient (Wildman–Crippen LogP) is 2.72. The van der Waals surface area contributed by atoms with Gasteiger partial charge in [-0.2, -0.15) is 0 Å². The quantitative estimate of drug-likeness (QED) is 0.434. The number of ether oxygens (including phenoxy) is 1. The lowest BCUT2D eigenvalue weighted by molar-refractivity contribution is -0.385. The molecule has 25 heavy (non-hydrogen) atoms. The number of hydrogen-bond donors (Lipinski definition) is 1. The number of fused-ring (bicyclic) bond motifs is 1. The van der Waals surface area contributed by atoms with Gasteiger partial charge in [-0.25, -0.2) is 4.79 Å². The number of anilines is 1. The number of carbonyl (C=O) groups is 1. The van der Waals surface area contributed by atoms with Crippen LogP contribution in [0.15, 0.2) is 63.8 Å². The summed E-state index contributed by atoms with van der Waals surface area (Å²) >= 11 is 0. The zero-order chi connectivity index (χ0) is 17.8. The Morgan fingerprint density at radius 3 is 2.76 bits per heavy atom. The summed E-state index contributed by atoms with van der Waals surface area (Å²) in [5, 5.41) is 14.2. The molecule has 0 saturated heterocycles. The molecule has 0 fully saturated rings. The lowest BCUT2D eigenvalue weighted by atomic mass is 10.2. The third-order valence-electron chi connectivity index (χ3n) is 3.32. The van der Waals surface area contributed by atoms with Crippen molar-refractivity contribution in [2.24, 2.45) is 0 Å². The van der Waals surface area contributed by atoms with Crippen LogP contribution in [0.1, 0.15) is 0 Å². The van der Waals surface area contributed by atoms with Crippen LogP contribution >= 0.6 is 0 Å². The Morgan fingerprint density at radius 1 is 1.16 bits per heavy atom. The standard InChI is InChI=1S/C17H12N2O6/c20-16(10-24-15-4-2-1-3-13(15)19(22)23)18-12-6-7-14-11(9-12)5-8-17(21)25-14/h1-9H,10H2,(H,18,20). The number of nitrogens with zero attached hydrogens (tertiary/aromatic N) is 1. The summed E-state index contributed by atoms with van der Waals surface area (Å²) in [5.41, 5.74) is 0.220. The van der Waals surface area contributed by atoms with Gasteiger partial charge in [-0.3, -0.25) is 14.9 Å². The third kappa shape index (κ3) is 3.81. The Balaban J connectivity index is 1.68. The Labute approximate surface area is 140 Å². The van der Waals surface area contributed by atoms with Gasteiger partial charge in [0.25, 0.3) is 5.91 Å².